The molecular weight excluding hydrogens is 334 g/mol. The predicted molar refractivity (Wildman–Crippen MR) is 67.3 cm³/mol. The van der Waals surface area contributed by atoms with Crippen molar-refractivity contribution in [2.75, 3.05) is 12.4 Å². The van der Waals surface area contributed by atoms with Gasteiger partial charge in [0.2, 0.25) is 0 Å². The van der Waals surface area contributed by atoms with Crippen LogP contribution in [-0.4, -0.2) is 34.4 Å². The first-order chi connectivity index (χ1) is 8.61. The molecule has 6 nitrogen and oxygen atoms in total. The van der Waals surface area contributed by atoms with E-state index in [-0.39, 0.29) is 28.8 Å². The van der Waals surface area contributed by atoms with Gasteiger partial charge >= 0.3 is 0 Å². The molecule has 1 heterocycles. The number of nitrogens with zero attached hydrogens (tertiary/aromatic N) is 1. The van der Waals surface area contributed by atoms with Crippen molar-refractivity contribution < 1.29 is 31.4 Å². The van der Waals surface area contributed by atoms with E-state index >= 15 is 0 Å². The fraction of sp³-hybridized carbons (Fsp3) is 0.182. The lowest BCUT2D eigenvalue weighted by molar-refractivity contribution is -0.0852. The molecule has 1 aromatic carbocycles. The molecule has 0 saturated carbocycles. The summed E-state index contributed by atoms with van der Waals surface area (Å²) in [6.07, 6.45) is 0. The maximum absolute atomic E-state index is 11.8. The topological polar surface area (TPSA) is 96.5 Å². The molecule has 3 N–H and O–H groups in total. The first-order valence-electron chi connectivity index (χ1n) is 5.19. The third-order valence-corrected chi connectivity index (χ3v) is 3.00. The molecule has 0 atom stereocenters. The van der Waals surface area contributed by atoms with Crippen molar-refractivity contribution >= 4 is 28.7 Å². The lowest BCUT2D eigenvalue weighted by Crippen LogP contribution is -3.00. The Morgan fingerprint density at radius 3 is 2.26 bits per heavy atom. The van der Waals surface area contributed by atoms with Crippen molar-refractivity contribution in [1.82, 2.24) is 5.06 Å². The highest BCUT2D eigenvalue weighted by atomic mass is 79.9. The summed E-state index contributed by atoms with van der Waals surface area (Å²) in [5.41, 5.74) is 5.85. The molecular formula is C11H11BrN3O3S-. The summed E-state index contributed by atoms with van der Waals surface area (Å²) in [6.45, 7) is 0.135. The fourth-order valence-electron chi connectivity index (χ4n) is 1.56. The number of amides is 2. The zero-order valence-corrected chi connectivity index (χ0v) is 12.2. The summed E-state index contributed by atoms with van der Waals surface area (Å²) in [6, 6.07) is 6.56. The normalized spacial score (nSPS) is 13.2. The van der Waals surface area contributed by atoms with Gasteiger partial charge in [-0.05, 0) is 12.1 Å². The highest BCUT2D eigenvalue weighted by Crippen LogP contribution is 2.22. The van der Waals surface area contributed by atoms with Gasteiger partial charge in [-0.25, -0.2) is 0 Å². The zero-order chi connectivity index (χ0) is 13.1. The van der Waals surface area contributed by atoms with E-state index < -0.39 is 11.8 Å². The van der Waals surface area contributed by atoms with Crippen LogP contribution >= 0.6 is 11.8 Å². The van der Waals surface area contributed by atoms with Crippen LogP contribution in [0.1, 0.15) is 20.7 Å². The van der Waals surface area contributed by atoms with E-state index in [2.05, 4.69) is 0 Å². The van der Waals surface area contributed by atoms with Gasteiger partial charge in [-0.1, -0.05) is 23.9 Å². The van der Waals surface area contributed by atoms with Crippen LogP contribution in [0.3, 0.4) is 0 Å². The quantitative estimate of drug-likeness (QED) is 0.281. The number of hydroxylamine groups is 2. The Hall–Kier alpha value is -1.38. The van der Waals surface area contributed by atoms with Crippen molar-refractivity contribution in [3.05, 3.63) is 35.4 Å². The van der Waals surface area contributed by atoms with Gasteiger partial charge < -0.3 is 22.7 Å². The van der Waals surface area contributed by atoms with Crippen molar-refractivity contribution in [3.8, 4) is 0 Å². The van der Waals surface area contributed by atoms with Crippen LogP contribution in [0.4, 0.5) is 0 Å². The highest BCUT2D eigenvalue weighted by molar-refractivity contribution is 8.13. The minimum absolute atomic E-state index is 0. The van der Waals surface area contributed by atoms with E-state index in [1.165, 1.54) is 0 Å². The van der Waals surface area contributed by atoms with Gasteiger partial charge in [-0.3, -0.25) is 19.8 Å². The third kappa shape index (κ3) is 3.34. The number of carbonyl (C=O) groups is 2. The zero-order valence-electron chi connectivity index (χ0n) is 9.76. The Kier molecular flexibility index (Phi) is 5.52. The van der Waals surface area contributed by atoms with Crippen LogP contribution in [0, 0.1) is 5.41 Å². The summed E-state index contributed by atoms with van der Waals surface area (Å²) in [5, 5.41) is 7.73. The molecule has 0 spiro atoms. The molecule has 0 bridgehead atoms. The summed E-state index contributed by atoms with van der Waals surface area (Å²) in [4.78, 5) is 28.8. The van der Waals surface area contributed by atoms with Crippen molar-refractivity contribution in [2.45, 2.75) is 0 Å². The fourth-order valence-corrected chi connectivity index (χ4v) is 1.94. The molecule has 8 heteroatoms. The number of nitrogens with one attached hydrogen (secondary N) is 1. The summed E-state index contributed by atoms with van der Waals surface area (Å²) in [7, 11) is 0. The van der Waals surface area contributed by atoms with E-state index in [1.807, 2.05) is 0 Å². The van der Waals surface area contributed by atoms with Gasteiger partial charge in [0, 0.05) is 5.75 Å². The van der Waals surface area contributed by atoms with Gasteiger partial charge in [0.1, 0.15) is 0 Å². The van der Waals surface area contributed by atoms with Crippen LogP contribution in [0.15, 0.2) is 24.3 Å². The summed E-state index contributed by atoms with van der Waals surface area (Å²) < 4.78 is 0. The Morgan fingerprint density at radius 1 is 1.26 bits per heavy atom. The Labute approximate surface area is 124 Å². The van der Waals surface area contributed by atoms with E-state index in [0.29, 0.717) is 16.9 Å². The molecule has 19 heavy (non-hydrogen) atoms. The van der Waals surface area contributed by atoms with Crippen LogP contribution in [0.5, 0.6) is 0 Å². The van der Waals surface area contributed by atoms with E-state index in [4.69, 9.17) is 16.0 Å². The first kappa shape index (κ1) is 15.7. The van der Waals surface area contributed by atoms with Gasteiger partial charge in [0.15, 0.2) is 5.17 Å². The second-order valence-corrected chi connectivity index (χ2v) is 4.63. The smallest absolute Gasteiger partial charge is 0.285 e. The van der Waals surface area contributed by atoms with Crippen molar-refractivity contribution in [1.29, 1.82) is 5.41 Å². The van der Waals surface area contributed by atoms with E-state index in [0.717, 1.165) is 16.8 Å². The number of rotatable bonds is 4. The number of thioether (sulfide) groups is 1. The molecule has 0 unspecified atom stereocenters. The number of halogens is 1. The maximum Gasteiger partial charge on any atom is 0.285 e. The molecule has 1 aliphatic rings. The number of benzene rings is 1. The minimum Gasteiger partial charge on any atom is -1.00 e. The van der Waals surface area contributed by atoms with E-state index in [9.17, 15) is 9.59 Å². The molecule has 0 fully saturated rings. The monoisotopic (exact) mass is 344 g/mol. The second kappa shape index (κ2) is 6.69. The average molecular weight is 345 g/mol. The lowest BCUT2D eigenvalue weighted by atomic mass is 10.1. The molecule has 2 rings (SSSR count). The molecule has 1 aromatic rings. The Balaban J connectivity index is 0.00000180. The number of amidine groups is 1. The molecule has 0 aliphatic carbocycles. The predicted octanol–water partition coefficient (Wildman–Crippen LogP) is -2.16. The van der Waals surface area contributed by atoms with Crippen LogP contribution in [0.2, 0.25) is 0 Å². The standard InChI is InChI=1S/C11H11N3O3S.BrH/c12-11(13)18-6-5-17-14-9(15)7-3-1-2-4-8(7)10(14)16;/h1-4H,5-6H2,(H3,12,13);1H/p-1. The van der Waals surface area contributed by atoms with Crippen LogP contribution < -0.4 is 22.7 Å². The summed E-state index contributed by atoms with van der Waals surface area (Å²) in [5.74, 6) is -0.505. The first-order valence-corrected chi connectivity index (χ1v) is 6.17. The lowest BCUT2D eigenvalue weighted by Gasteiger charge is -2.12. The van der Waals surface area contributed by atoms with E-state index in [1.54, 1.807) is 24.3 Å². The molecule has 2 amide bonds. The number of fused-ring (bicyclic) bond motifs is 1. The molecule has 0 radical (unpaired) electrons. The SMILES string of the molecule is N=C(N)SCCON1C(=O)c2ccccc2C1=O.[Br-]. The van der Waals surface area contributed by atoms with Gasteiger partial charge in [-0.15, -0.1) is 5.06 Å². The largest absolute Gasteiger partial charge is 1.00 e. The van der Waals surface area contributed by atoms with Crippen molar-refractivity contribution in [3.63, 3.8) is 0 Å². The Morgan fingerprint density at radius 2 is 1.79 bits per heavy atom. The number of carbonyl (C=O) groups excluding carboxylic acids is 2. The number of nitrogens with two attached hydrogens (primary N) is 1. The van der Waals surface area contributed by atoms with Gasteiger partial charge in [0.25, 0.3) is 11.8 Å². The molecule has 1 aliphatic heterocycles. The second-order valence-electron chi connectivity index (χ2n) is 3.50. The maximum atomic E-state index is 11.8. The third-order valence-electron chi connectivity index (χ3n) is 2.32. The van der Waals surface area contributed by atoms with Gasteiger partial charge in [0.05, 0.1) is 17.7 Å². The van der Waals surface area contributed by atoms with Gasteiger partial charge in [-0.2, -0.15) is 0 Å². The van der Waals surface area contributed by atoms with Crippen LogP contribution in [-0.2, 0) is 4.84 Å². The summed E-state index contributed by atoms with van der Waals surface area (Å²) >= 11 is 1.09. The van der Waals surface area contributed by atoms with Crippen molar-refractivity contribution in [2.24, 2.45) is 5.73 Å². The highest BCUT2D eigenvalue weighted by Gasteiger charge is 2.36. The van der Waals surface area contributed by atoms with Crippen LogP contribution in [0.25, 0.3) is 0 Å². The number of hydrogen-bond acceptors (Lipinski definition) is 5. The molecule has 0 saturated heterocycles. The average Bonchev–Trinajstić information content (AvgIpc) is 2.59. The molecule has 0 aromatic heterocycles. The number of hydrogen-bond donors (Lipinski definition) is 2. The minimum atomic E-state index is -0.455. The number of imide groups is 1. The molecule has 102 valence electrons. The Bertz CT molecular complexity index is 489.